The van der Waals surface area contributed by atoms with Crippen LogP contribution < -0.4 is 10.1 Å². The Hall–Kier alpha value is -2.30. The van der Waals surface area contributed by atoms with Gasteiger partial charge in [-0.1, -0.05) is 25.1 Å². The topological polar surface area (TPSA) is 82.4 Å². The van der Waals surface area contributed by atoms with Crippen molar-refractivity contribution in [1.82, 2.24) is 5.32 Å². The van der Waals surface area contributed by atoms with Crippen molar-refractivity contribution in [2.24, 2.45) is 5.41 Å². The van der Waals surface area contributed by atoms with Crippen molar-refractivity contribution in [3.8, 4) is 5.75 Å². The third-order valence-corrected chi connectivity index (χ3v) is 3.09. The molecule has 1 saturated carbocycles. The highest BCUT2D eigenvalue weighted by molar-refractivity contribution is 6.01. The molecule has 0 atom stereocenters. The number of para-hydroxylation sites is 1. The number of hydrogen-bond donors (Lipinski definition) is 3. The van der Waals surface area contributed by atoms with Gasteiger partial charge in [0.25, 0.3) is 0 Å². The summed E-state index contributed by atoms with van der Waals surface area (Å²) in [5, 5.41) is 19.6. The molecule has 0 aromatic heterocycles. The average Bonchev–Trinajstić information content (AvgIpc) is 3.09. The standard InChI is InChI=1S/C14H16N2O3/c1-14(7-8-14)11(17)9-12(15)16-13(18)19-10-5-3-2-4-6-10/h2-6,9,17H,7-8H2,1H3,(H2,15,16,18)/b11-9-. The van der Waals surface area contributed by atoms with Gasteiger partial charge in [0.2, 0.25) is 0 Å². The molecule has 1 fully saturated rings. The molecule has 0 spiro atoms. The lowest BCUT2D eigenvalue weighted by Crippen LogP contribution is -2.31. The third-order valence-electron chi connectivity index (χ3n) is 3.09. The Balaban J connectivity index is 1.87. The molecule has 0 radical (unpaired) electrons. The SMILES string of the molecule is CC1(/C(O)=C/C(=N)NC(=O)Oc2ccccc2)CC1. The fourth-order valence-electron chi connectivity index (χ4n) is 1.52. The van der Waals surface area contributed by atoms with E-state index < -0.39 is 6.09 Å². The minimum atomic E-state index is -0.749. The van der Waals surface area contributed by atoms with Crippen LogP contribution in [0.1, 0.15) is 19.8 Å². The number of amidine groups is 1. The van der Waals surface area contributed by atoms with Gasteiger partial charge in [-0.25, -0.2) is 4.79 Å². The molecule has 3 N–H and O–H groups in total. The fraction of sp³-hybridized carbons (Fsp3) is 0.286. The second kappa shape index (κ2) is 5.14. The molecule has 100 valence electrons. The van der Waals surface area contributed by atoms with Crippen LogP contribution in [0.2, 0.25) is 0 Å². The van der Waals surface area contributed by atoms with Crippen molar-refractivity contribution in [2.75, 3.05) is 0 Å². The fourth-order valence-corrected chi connectivity index (χ4v) is 1.52. The normalized spacial score (nSPS) is 16.6. The smallest absolute Gasteiger partial charge is 0.418 e. The molecule has 1 aromatic rings. The first-order valence-corrected chi connectivity index (χ1v) is 6.03. The molecule has 1 aliphatic rings. The lowest BCUT2D eigenvalue weighted by Gasteiger charge is -2.08. The lowest BCUT2D eigenvalue weighted by atomic mass is 10.1. The number of benzene rings is 1. The van der Waals surface area contributed by atoms with Crippen LogP contribution in [0, 0.1) is 10.8 Å². The predicted octanol–water partition coefficient (Wildman–Crippen LogP) is 2.99. The van der Waals surface area contributed by atoms with Crippen molar-refractivity contribution in [3.63, 3.8) is 0 Å². The summed E-state index contributed by atoms with van der Waals surface area (Å²) in [6.45, 7) is 1.91. The van der Waals surface area contributed by atoms with E-state index in [1.807, 2.05) is 13.0 Å². The number of rotatable bonds is 3. The second-order valence-corrected chi connectivity index (χ2v) is 4.83. The number of nitrogens with one attached hydrogen (secondary N) is 2. The summed E-state index contributed by atoms with van der Waals surface area (Å²) in [6, 6.07) is 8.58. The first-order valence-electron chi connectivity index (χ1n) is 6.03. The zero-order valence-corrected chi connectivity index (χ0v) is 10.6. The van der Waals surface area contributed by atoms with Crippen molar-refractivity contribution in [1.29, 1.82) is 5.41 Å². The summed E-state index contributed by atoms with van der Waals surface area (Å²) >= 11 is 0. The van der Waals surface area contributed by atoms with Crippen LogP contribution in [-0.4, -0.2) is 17.0 Å². The van der Waals surface area contributed by atoms with E-state index in [9.17, 15) is 9.90 Å². The number of hydrogen-bond acceptors (Lipinski definition) is 4. The van der Waals surface area contributed by atoms with Crippen molar-refractivity contribution in [2.45, 2.75) is 19.8 Å². The lowest BCUT2D eigenvalue weighted by molar-refractivity contribution is 0.206. The Kier molecular flexibility index (Phi) is 3.55. The Bertz CT molecular complexity index is 519. The van der Waals surface area contributed by atoms with E-state index >= 15 is 0 Å². The zero-order chi connectivity index (χ0) is 13.9. The van der Waals surface area contributed by atoms with Crippen LogP contribution >= 0.6 is 0 Å². The summed E-state index contributed by atoms with van der Waals surface area (Å²) in [6.07, 6.45) is 2.30. The van der Waals surface area contributed by atoms with Gasteiger partial charge in [-0.2, -0.15) is 0 Å². The average molecular weight is 260 g/mol. The first-order chi connectivity index (χ1) is 8.99. The molecule has 0 saturated heterocycles. The van der Waals surface area contributed by atoms with Crippen LogP contribution in [0.25, 0.3) is 0 Å². The molecule has 1 aliphatic carbocycles. The maximum absolute atomic E-state index is 11.5. The predicted molar refractivity (Wildman–Crippen MR) is 71.4 cm³/mol. The van der Waals surface area contributed by atoms with E-state index in [0.29, 0.717) is 5.75 Å². The molecular formula is C14H16N2O3. The van der Waals surface area contributed by atoms with E-state index in [1.54, 1.807) is 24.3 Å². The number of allylic oxidation sites excluding steroid dienone is 1. The van der Waals surface area contributed by atoms with Gasteiger partial charge in [0, 0.05) is 11.5 Å². The first kappa shape index (κ1) is 13.1. The van der Waals surface area contributed by atoms with Crippen molar-refractivity contribution < 1.29 is 14.6 Å². The van der Waals surface area contributed by atoms with Gasteiger partial charge in [0.15, 0.2) is 0 Å². The number of aliphatic hydroxyl groups excluding tert-OH is 1. The largest absolute Gasteiger partial charge is 0.512 e. The quantitative estimate of drug-likeness (QED) is 0.444. The Morgan fingerprint density at radius 2 is 2.05 bits per heavy atom. The highest BCUT2D eigenvalue weighted by atomic mass is 16.6. The van der Waals surface area contributed by atoms with E-state index in [-0.39, 0.29) is 17.0 Å². The summed E-state index contributed by atoms with van der Waals surface area (Å²) in [5.74, 6) is 0.333. The van der Waals surface area contributed by atoms with Crippen LogP contribution in [-0.2, 0) is 0 Å². The van der Waals surface area contributed by atoms with Crippen LogP contribution in [0.4, 0.5) is 4.79 Å². The minimum Gasteiger partial charge on any atom is -0.512 e. The third kappa shape index (κ3) is 3.58. The number of carbonyl (C=O) groups is 1. The monoisotopic (exact) mass is 260 g/mol. The van der Waals surface area contributed by atoms with Crippen LogP contribution in [0.15, 0.2) is 42.2 Å². The molecule has 1 aromatic carbocycles. The Labute approximate surface area is 111 Å². The van der Waals surface area contributed by atoms with Gasteiger partial charge in [-0.05, 0) is 25.0 Å². The Morgan fingerprint density at radius 3 is 2.63 bits per heavy atom. The van der Waals surface area contributed by atoms with Gasteiger partial charge >= 0.3 is 6.09 Å². The summed E-state index contributed by atoms with van der Waals surface area (Å²) in [5.41, 5.74) is -0.225. The minimum absolute atomic E-state index is 0.123. The molecule has 0 bridgehead atoms. The van der Waals surface area contributed by atoms with Crippen LogP contribution in [0.3, 0.4) is 0 Å². The molecule has 5 heteroatoms. The number of aliphatic hydroxyl groups is 1. The number of ether oxygens (including phenoxy) is 1. The van der Waals surface area contributed by atoms with Gasteiger partial charge in [0.05, 0.1) is 0 Å². The summed E-state index contributed by atoms with van der Waals surface area (Å²) in [4.78, 5) is 11.5. The molecule has 1 amide bonds. The van der Waals surface area contributed by atoms with Gasteiger partial charge in [-0.15, -0.1) is 0 Å². The zero-order valence-electron chi connectivity index (χ0n) is 10.6. The number of carbonyl (C=O) groups excluding carboxylic acids is 1. The highest BCUT2D eigenvalue weighted by Gasteiger charge is 2.41. The second-order valence-electron chi connectivity index (χ2n) is 4.83. The highest BCUT2D eigenvalue weighted by Crippen LogP contribution is 2.50. The maximum Gasteiger partial charge on any atom is 0.418 e. The molecule has 0 heterocycles. The van der Waals surface area contributed by atoms with Crippen molar-refractivity contribution >= 4 is 11.9 Å². The van der Waals surface area contributed by atoms with Gasteiger partial charge < -0.3 is 9.84 Å². The van der Waals surface area contributed by atoms with E-state index in [0.717, 1.165) is 12.8 Å². The van der Waals surface area contributed by atoms with Crippen LogP contribution in [0.5, 0.6) is 5.75 Å². The van der Waals surface area contributed by atoms with Crippen molar-refractivity contribution in [3.05, 3.63) is 42.2 Å². The van der Waals surface area contributed by atoms with E-state index in [4.69, 9.17) is 10.1 Å². The molecule has 19 heavy (non-hydrogen) atoms. The van der Waals surface area contributed by atoms with E-state index in [2.05, 4.69) is 5.32 Å². The molecule has 0 aliphatic heterocycles. The number of amides is 1. The molecule has 0 unspecified atom stereocenters. The molecule has 2 rings (SSSR count). The Morgan fingerprint density at radius 1 is 1.42 bits per heavy atom. The maximum atomic E-state index is 11.5. The van der Waals surface area contributed by atoms with Gasteiger partial charge in [-0.3, -0.25) is 10.7 Å². The molecule has 5 nitrogen and oxygen atoms in total. The van der Waals surface area contributed by atoms with Gasteiger partial charge in [0.1, 0.15) is 17.3 Å². The molecular weight excluding hydrogens is 244 g/mol. The summed E-state index contributed by atoms with van der Waals surface area (Å²) < 4.78 is 4.97. The summed E-state index contributed by atoms with van der Waals surface area (Å²) in [7, 11) is 0. The van der Waals surface area contributed by atoms with E-state index in [1.165, 1.54) is 6.08 Å².